The third-order valence-corrected chi connectivity index (χ3v) is 4.01. The average molecular weight is 188 g/mol. The molecule has 2 rings (SSSR count). The van der Waals surface area contributed by atoms with Crippen LogP contribution < -0.4 is 5.32 Å². The minimum atomic E-state index is -0.558. The molecule has 1 N–H and O–H groups in total. The zero-order valence-corrected chi connectivity index (χ0v) is 8.03. The fourth-order valence-electron chi connectivity index (χ4n) is 2.75. The van der Waals surface area contributed by atoms with E-state index < -0.39 is 4.87 Å². The summed E-state index contributed by atoms with van der Waals surface area (Å²) >= 11 is 6.31. The molecule has 0 aliphatic heterocycles. The molecular weight excluding hydrogens is 174 g/mol. The number of alkyl halides is 1. The van der Waals surface area contributed by atoms with Crippen LogP contribution in [0.4, 0.5) is 0 Å². The van der Waals surface area contributed by atoms with Gasteiger partial charge in [0, 0.05) is 7.05 Å². The highest BCUT2D eigenvalue weighted by molar-refractivity contribution is 6.35. The number of carbonyl (C=O) groups excluding carboxylic acids is 1. The van der Waals surface area contributed by atoms with Crippen LogP contribution in [0.5, 0.6) is 0 Å². The molecule has 2 aliphatic rings. The summed E-state index contributed by atoms with van der Waals surface area (Å²) in [6.45, 7) is 0. The maximum absolute atomic E-state index is 11.5. The number of carbonyl (C=O) groups is 1. The Balaban J connectivity index is 2.17. The summed E-state index contributed by atoms with van der Waals surface area (Å²) in [6, 6.07) is 0. The van der Waals surface area contributed by atoms with E-state index in [2.05, 4.69) is 5.32 Å². The first-order valence-corrected chi connectivity index (χ1v) is 4.95. The minimum absolute atomic E-state index is 0.0244. The summed E-state index contributed by atoms with van der Waals surface area (Å²) in [5.41, 5.74) is 0. The van der Waals surface area contributed by atoms with E-state index in [1.54, 1.807) is 7.05 Å². The van der Waals surface area contributed by atoms with Crippen molar-refractivity contribution in [3.8, 4) is 0 Å². The summed E-state index contributed by atoms with van der Waals surface area (Å²) in [5, 5.41) is 2.66. The fourth-order valence-corrected chi connectivity index (χ4v) is 3.26. The van der Waals surface area contributed by atoms with E-state index in [-0.39, 0.29) is 5.91 Å². The van der Waals surface area contributed by atoms with Crippen LogP contribution in [0.3, 0.4) is 0 Å². The molecule has 0 saturated heterocycles. The number of amides is 1. The number of hydrogen-bond donors (Lipinski definition) is 1. The SMILES string of the molecule is CNC(=O)[C@]1(Cl)C[C@H]2CC[C@@H]1C2. The van der Waals surface area contributed by atoms with Crippen molar-refractivity contribution in [1.82, 2.24) is 5.32 Å². The van der Waals surface area contributed by atoms with Crippen molar-refractivity contribution in [1.29, 1.82) is 0 Å². The lowest BCUT2D eigenvalue weighted by atomic mass is 9.87. The van der Waals surface area contributed by atoms with Gasteiger partial charge in [0.15, 0.2) is 0 Å². The molecular formula is C9H14ClNO. The largest absolute Gasteiger partial charge is 0.358 e. The molecule has 0 aromatic rings. The summed E-state index contributed by atoms with van der Waals surface area (Å²) in [5.74, 6) is 1.17. The molecule has 0 spiro atoms. The van der Waals surface area contributed by atoms with Gasteiger partial charge >= 0.3 is 0 Å². The van der Waals surface area contributed by atoms with E-state index in [0.29, 0.717) is 11.8 Å². The minimum Gasteiger partial charge on any atom is -0.358 e. The lowest BCUT2D eigenvalue weighted by Gasteiger charge is -2.29. The van der Waals surface area contributed by atoms with Gasteiger partial charge < -0.3 is 5.32 Å². The van der Waals surface area contributed by atoms with Crippen molar-refractivity contribution in [2.75, 3.05) is 7.05 Å². The second-order valence-corrected chi connectivity index (χ2v) is 4.70. The first kappa shape index (κ1) is 8.36. The van der Waals surface area contributed by atoms with Crippen LogP contribution >= 0.6 is 11.6 Å². The van der Waals surface area contributed by atoms with Crippen molar-refractivity contribution >= 4 is 17.5 Å². The standard InChI is InChI=1S/C9H14ClNO/c1-11-8(12)9(10)5-6-2-3-7(9)4-6/h6-7H,2-5H2,1H3,(H,11,12)/t6-,7+,9-/m0/s1. The monoisotopic (exact) mass is 187 g/mol. The van der Waals surface area contributed by atoms with Gasteiger partial charge in [0.1, 0.15) is 4.87 Å². The van der Waals surface area contributed by atoms with Gasteiger partial charge in [-0.15, -0.1) is 11.6 Å². The van der Waals surface area contributed by atoms with Gasteiger partial charge in [-0.2, -0.15) is 0 Å². The molecule has 0 unspecified atom stereocenters. The molecule has 2 fully saturated rings. The summed E-state index contributed by atoms with van der Waals surface area (Å²) in [4.78, 5) is 10.9. The molecule has 1 amide bonds. The molecule has 2 bridgehead atoms. The van der Waals surface area contributed by atoms with E-state index in [1.165, 1.54) is 6.42 Å². The Hall–Kier alpha value is -0.240. The second-order valence-electron chi connectivity index (χ2n) is 4.02. The molecule has 0 aromatic heterocycles. The van der Waals surface area contributed by atoms with Crippen molar-refractivity contribution < 1.29 is 4.79 Å². The lowest BCUT2D eigenvalue weighted by molar-refractivity contribution is -0.124. The predicted molar refractivity (Wildman–Crippen MR) is 48.1 cm³/mol. The first-order valence-electron chi connectivity index (χ1n) is 4.58. The van der Waals surface area contributed by atoms with Crippen LogP contribution in [-0.2, 0) is 4.79 Å². The number of nitrogens with one attached hydrogen (secondary N) is 1. The third kappa shape index (κ3) is 0.972. The van der Waals surface area contributed by atoms with Gasteiger partial charge in [-0.05, 0) is 31.1 Å². The van der Waals surface area contributed by atoms with Gasteiger partial charge in [0.05, 0.1) is 0 Å². The Morgan fingerprint density at radius 3 is 2.75 bits per heavy atom. The van der Waals surface area contributed by atoms with Crippen LogP contribution in [-0.4, -0.2) is 17.8 Å². The van der Waals surface area contributed by atoms with Gasteiger partial charge in [-0.1, -0.05) is 6.42 Å². The lowest BCUT2D eigenvalue weighted by Crippen LogP contribution is -2.44. The molecule has 3 atom stereocenters. The Morgan fingerprint density at radius 2 is 2.33 bits per heavy atom. The highest BCUT2D eigenvalue weighted by Gasteiger charge is 2.54. The molecule has 0 radical (unpaired) electrons. The first-order chi connectivity index (χ1) is 5.66. The normalized spacial score (nSPS) is 44.8. The topological polar surface area (TPSA) is 29.1 Å². The van der Waals surface area contributed by atoms with Crippen molar-refractivity contribution in [2.45, 2.75) is 30.6 Å². The molecule has 2 aliphatic carbocycles. The van der Waals surface area contributed by atoms with Gasteiger partial charge in [0.2, 0.25) is 5.91 Å². The van der Waals surface area contributed by atoms with Crippen molar-refractivity contribution in [3.05, 3.63) is 0 Å². The maximum Gasteiger partial charge on any atom is 0.241 e. The highest BCUT2D eigenvalue weighted by Crippen LogP contribution is 2.54. The Bertz CT molecular complexity index is 219. The molecule has 3 heteroatoms. The highest BCUT2D eigenvalue weighted by atomic mass is 35.5. The van der Waals surface area contributed by atoms with Crippen LogP contribution in [0, 0.1) is 11.8 Å². The van der Waals surface area contributed by atoms with Crippen LogP contribution in [0.15, 0.2) is 0 Å². The van der Waals surface area contributed by atoms with E-state index in [1.807, 2.05) is 0 Å². The Kier molecular flexibility index (Phi) is 1.83. The molecule has 2 nitrogen and oxygen atoms in total. The zero-order chi connectivity index (χ0) is 8.77. The summed E-state index contributed by atoms with van der Waals surface area (Å²) < 4.78 is 0. The van der Waals surface area contributed by atoms with E-state index in [0.717, 1.165) is 19.3 Å². The summed E-state index contributed by atoms with van der Waals surface area (Å²) in [6.07, 6.45) is 4.47. The number of hydrogen-bond acceptors (Lipinski definition) is 1. The second kappa shape index (κ2) is 2.63. The van der Waals surface area contributed by atoms with Crippen LogP contribution in [0.2, 0.25) is 0 Å². The van der Waals surface area contributed by atoms with Gasteiger partial charge in [-0.3, -0.25) is 4.79 Å². The van der Waals surface area contributed by atoms with Crippen LogP contribution in [0.1, 0.15) is 25.7 Å². The molecule has 12 heavy (non-hydrogen) atoms. The Morgan fingerprint density at radius 1 is 1.58 bits per heavy atom. The molecule has 0 aromatic carbocycles. The fraction of sp³-hybridized carbons (Fsp3) is 0.889. The predicted octanol–water partition coefficient (Wildman–Crippen LogP) is 1.53. The molecule has 0 heterocycles. The smallest absolute Gasteiger partial charge is 0.241 e. The van der Waals surface area contributed by atoms with Crippen molar-refractivity contribution in [2.24, 2.45) is 11.8 Å². The van der Waals surface area contributed by atoms with E-state index in [9.17, 15) is 4.79 Å². The maximum atomic E-state index is 11.5. The van der Waals surface area contributed by atoms with E-state index >= 15 is 0 Å². The Labute approximate surface area is 77.7 Å². The van der Waals surface area contributed by atoms with Crippen LogP contribution in [0.25, 0.3) is 0 Å². The number of halogens is 1. The zero-order valence-electron chi connectivity index (χ0n) is 7.27. The van der Waals surface area contributed by atoms with Gasteiger partial charge in [-0.25, -0.2) is 0 Å². The quantitative estimate of drug-likeness (QED) is 0.620. The average Bonchev–Trinajstić information content (AvgIpc) is 2.62. The molecule has 68 valence electrons. The number of rotatable bonds is 1. The number of fused-ring (bicyclic) bond motifs is 2. The summed E-state index contributed by atoms with van der Waals surface area (Å²) in [7, 11) is 1.67. The molecule has 2 saturated carbocycles. The van der Waals surface area contributed by atoms with E-state index in [4.69, 9.17) is 11.6 Å². The third-order valence-electron chi connectivity index (χ3n) is 3.38. The van der Waals surface area contributed by atoms with Crippen molar-refractivity contribution in [3.63, 3.8) is 0 Å². The van der Waals surface area contributed by atoms with Gasteiger partial charge in [0.25, 0.3) is 0 Å².